The second kappa shape index (κ2) is 12.8. The number of rotatable bonds is 6. The number of nitrogens with one attached hydrogen (secondary N) is 2. The quantitative estimate of drug-likeness (QED) is 0.295. The highest BCUT2D eigenvalue weighted by Gasteiger charge is 2.21. The van der Waals surface area contributed by atoms with Gasteiger partial charge in [-0.2, -0.15) is 0 Å². The number of anilines is 1. The lowest BCUT2D eigenvalue weighted by Crippen LogP contribution is -2.48. The number of hydrogen-bond donors (Lipinski definition) is 2. The Morgan fingerprint density at radius 2 is 1.72 bits per heavy atom. The van der Waals surface area contributed by atoms with Gasteiger partial charge >= 0.3 is 0 Å². The van der Waals surface area contributed by atoms with Crippen LogP contribution >= 0.6 is 35.3 Å². The molecule has 5 nitrogen and oxygen atoms in total. The van der Waals surface area contributed by atoms with E-state index in [0.717, 1.165) is 50.9 Å². The van der Waals surface area contributed by atoms with Crippen molar-refractivity contribution in [2.24, 2.45) is 10.9 Å². The van der Waals surface area contributed by atoms with Gasteiger partial charge in [0, 0.05) is 39.3 Å². The second-order valence-corrected chi connectivity index (χ2v) is 9.94. The zero-order valence-corrected chi connectivity index (χ0v) is 22.6. The first-order valence-corrected chi connectivity index (χ1v) is 12.6. The third kappa shape index (κ3) is 7.09. The summed E-state index contributed by atoms with van der Waals surface area (Å²) in [5, 5.41) is 10.8. The third-order valence-corrected chi connectivity index (χ3v) is 7.64. The van der Waals surface area contributed by atoms with Crippen LogP contribution in [0.2, 0.25) is 0 Å². The number of piperidine rings is 2. The Bertz CT molecular complexity index is 825. The molecule has 0 saturated carbocycles. The van der Waals surface area contributed by atoms with E-state index in [9.17, 15) is 0 Å². The molecular formula is C25H38IN5S. The number of thiophene rings is 1. The van der Waals surface area contributed by atoms with Crippen LogP contribution < -0.4 is 15.5 Å². The molecular weight excluding hydrogens is 529 g/mol. The van der Waals surface area contributed by atoms with Gasteiger partial charge in [0.2, 0.25) is 0 Å². The average Bonchev–Trinajstić information content (AvgIpc) is 3.34. The van der Waals surface area contributed by atoms with Crippen LogP contribution in [0.4, 0.5) is 5.00 Å². The predicted octanol–water partition coefficient (Wildman–Crippen LogP) is 4.93. The van der Waals surface area contributed by atoms with Gasteiger partial charge in [-0.05, 0) is 73.3 Å². The lowest BCUT2D eigenvalue weighted by molar-refractivity contribution is 0.185. The topological polar surface area (TPSA) is 42.9 Å². The van der Waals surface area contributed by atoms with Crippen LogP contribution in [-0.4, -0.2) is 50.1 Å². The molecule has 0 spiro atoms. The highest BCUT2D eigenvalue weighted by molar-refractivity contribution is 14.0. The van der Waals surface area contributed by atoms with E-state index in [1.807, 2.05) is 18.4 Å². The van der Waals surface area contributed by atoms with E-state index >= 15 is 0 Å². The van der Waals surface area contributed by atoms with Gasteiger partial charge in [-0.15, -0.1) is 35.3 Å². The lowest BCUT2D eigenvalue weighted by Gasteiger charge is -2.33. The summed E-state index contributed by atoms with van der Waals surface area (Å²) in [4.78, 5) is 9.59. The zero-order valence-electron chi connectivity index (χ0n) is 19.4. The smallest absolute Gasteiger partial charge is 0.191 e. The van der Waals surface area contributed by atoms with Crippen molar-refractivity contribution in [2.75, 3.05) is 38.1 Å². The summed E-state index contributed by atoms with van der Waals surface area (Å²) in [6, 6.07) is 13.7. The maximum absolute atomic E-state index is 4.49. The van der Waals surface area contributed by atoms with Crippen LogP contribution in [0.25, 0.3) is 0 Å². The van der Waals surface area contributed by atoms with E-state index in [2.05, 4.69) is 74.1 Å². The summed E-state index contributed by atoms with van der Waals surface area (Å²) in [6.07, 6.45) is 4.93. The minimum Gasteiger partial charge on any atom is -0.363 e. The molecule has 2 aliphatic rings. The minimum absolute atomic E-state index is 0. The number of halogens is 1. The summed E-state index contributed by atoms with van der Waals surface area (Å²) < 4.78 is 0. The Balaban J connectivity index is 0.00000289. The molecule has 7 heteroatoms. The minimum atomic E-state index is 0. The molecule has 176 valence electrons. The van der Waals surface area contributed by atoms with Crippen molar-refractivity contribution in [1.82, 2.24) is 15.5 Å². The number of likely N-dealkylation sites (tertiary alicyclic amines) is 1. The summed E-state index contributed by atoms with van der Waals surface area (Å²) in [7, 11) is 1.87. The van der Waals surface area contributed by atoms with Crippen molar-refractivity contribution < 1.29 is 0 Å². The first-order chi connectivity index (χ1) is 15.2. The fourth-order valence-corrected chi connectivity index (χ4v) is 5.39. The highest BCUT2D eigenvalue weighted by atomic mass is 127. The molecule has 0 bridgehead atoms. The summed E-state index contributed by atoms with van der Waals surface area (Å²) in [5.41, 5.74) is 2.81. The Morgan fingerprint density at radius 3 is 2.38 bits per heavy atom. The molecule has 1 aromatic heterocycles. The van der Waals surface area contributed by atoms with E-state index in [4.69, 9.17) is 0 Å². The van der Waals surface area contributed by atoms with E-state index in [0.29, 0.717) is 6.04 Å². The van der Waals surface area contributed by atoms with Gasteiger partial charge in [0.15, 0.2) is 5.96 Å². The monoisotopic (exact) mass is 567 g/mol. The van der Waals surface area contributed by atoms with Gasteiger partial charge in [-0.1, -0.05) is 31.2 Å². The summed E-state index contributed by atoms with van der Waals surface area (Å²) in [5.74, 6) is 1.79. The first-order valence-electron chi connectivity index (χ1n) is 11.8. The normalized spacial score (nSPS) is 18.9. The number of aliphatic imine (C=N–C) groups is 1. The largest absolute Gasteiger partial charge is 0.363 e. The molecule has 2 aromatic rings. The molecule has 3 heterocycles. The van der Waals surface area contributed by atoms with Crippen LogP contribution in [0.1, 0.15) is 43.7 Å². The zero-order chi connectivity index (χ0) is 21.5. The maximum Gasteiger partial charge on any atom is 0.191 e. The van der Waals surface area contributed by atoms with Crippen molar-refractivity contribution in [3.63, 3.8) is 0 Å². The average molecular weight is 568 g/mol. The van der Waals surface area contributed by atoms with Crippen LogP contribution in [-0.2, 0) is 13.1 Å². The molecule has 0 radical (unpaired) electrons. The Morgan fingerprint density at radius 1 is 1.00 bits per heavy atom. The van der Waals surface area contributed by atoms with Crippen molar-refractivity contribution in [3.8, 4) is 0 Å². The Kier molecular flexibility index (Phi) is 10.1. The SMILES string of the molecule is CN=C(NCc1ccccc1CN1CCC(C)CC1)NC1CCN(c2cccs2)CC1.I. The maximum atomic E-state index is 4.49. The summed E-state index contributed by atoms with van der Waals surface area (Å²) in [6.45, 7) is 8.89. The van der Waals surface area contributed by atoms with Crippen molar-refractivity contribution >= 4 is 46.3 Å². The molecule has 2 saturated heterocycles. The molecule has 2 N–H and O–H groups in total. The summed E-state index contributed by atoms with van der Waals surface area (Å²) >= 11 is 1.83. The fraction of sp³-hybridized carbons (Fsp3) is 0.560. The Labute approximate surface area is 214 Å². The van der Waals surface area contributed by atoms with E-state index < -0.39 is 0 Å². The second-order valence-electron chi connectivity index (χ2n) is 9.01. The van der Waals surface area contributed by atoms with Gasteiger partial charge in [0.1, 0.15) is 0 Å². The number of benzene rings is 1. The molecule has 4 rings (SSSR count). The molecule has 0 atom stereocenters. The van der Waals surface area contributed by atoms with Gasteiger partial charge in [-0.3, -0.25) is 9.89 Å². The van der Waals surface area contributed by atoms with Crippen LogP contribution in [0.15, 0.2) is 46.8 Å². The fourth-order valence-electron chi connectivity index (χ4n) is 4.61. The molecule has 0 unspecified atom stereocenters. The van der Waals surface area contributed by atoms with Crippen LogP contribution in [0.5, 0.6) is 0 Å². The molecule has 2 fully saturated rings. The molecule has 32 heavy (non-hydrogen) atoms. The number of nitrogens with zero attached hydrogens (tertiary/aromatic N) is 3. The first kappa shape index (κ1) is 25.3. The highest BCUT2D eigenvalue weighted by Crippen LogP contribution is 2.25. The Hall–Kier alpha value is -1.32. The van der Waals surface area contributed by atoms with Crippen molar-refractivity contribution in [1.29, 1.82) is 0 Å². The van der Waals surface area contributed by atoms with Gasteiger partial charge in [-0.25, -0.2) is 0 Å². The lowest BCUT2D eigenvalue weighted by atomic mass is 9.98. The molecule has 0 amide bonds. The van der Waals surface area contributed by atoms with Crippen molar-refractivity contribution in [2.45, 2.75) is 51.7 Å². The van der Waals surface area contributed by atoms with E-state index in [1.54, 1.807) is 0 Å². The third-order valence-electron chi connectivity index (χ3n) is 6.71. The van der Waals surface area contributed by atoms with Gasteiger partial charge in [0.05, 0.1) is 5.00 Å². The van der Waals surface area contributed by atoms with E-state index in [1.165, 1.54) is 42.1 Å². The number of guanidine groups is 1. The van der Waals surface area contributed by atoms with Gasteiger partial charge < -0.3 is 15.5 Å². The molecule has 0 aliphatic carbocycles. The number of hydrogen-bond acceptors (Lipinski definition) is 4. The predicted molar refractivity (Wildman–Crippen MR) is 148 cm³/mol. The molecule has 2 aliphatic heterocycles. The van der Waals surface area contributed by atoms with Crippen molar-refractivity contribution in [3.05, 3.63) is 52.9 Å². The van der Waals surface area contributed by atoms with Crippen LogP contribution in [0.3, 0.4) is 0 Å². The van der Waals surface area contributed by atoms with E-state index in [-0.39, 0.29) is 24.0 Å². The van der Waals surface area contributed by atoms with Crippen LogP contribution in [0, 0.1) is 5.92 Å². The molecule has 1 aromatic carbocycles. The standard InChI is InChI=1S/C25H37N5S.HI/c1-20-9-13-29(14-10-20)19-22-7-4-3-6-21(22)18-27-25(26-2)28-23-11-15-30(16-12-23)24-8-5-17-31-24;/h3-8,17,20,23H,9-16,18-19H2,1-2H3,(H2,26,27,28);1H. The van der Waals surface area contributed by atoms with Gasteiger partial charge in [0.25, 0.3) is 0 Å².